The summed E-state index contributed by atoms with van der Waals surface area (Å²) in [5, 5.41) is 0. The zero-order valence-electron chi connectivity index (χ0n) is 7.54. The largest absolute Gasteiger partial charge is 0.428 e. The lowest BCUT2D eigenvalue weighted by Gasteiger charge is -2.09. The summed E-state index contributed by atoms with van der Waals surface area (Å²) in [7, 11) is 0. The predicted octanol–water partition coefficient (Wildman–Crippen LogP) is 0.859. The Morgan fingerprint density at radius 1 is 1.33 bits per heavy atom. The van der Waals surface area contributed by atoms with Crippen LogP contribution in [0.15, 0.2) is 0 Å². The molecule has 0 saturated heterocycles. The molecule has 0 saturated carbocycles. The first-order chi connectivity index (χ1) is 5.81. The minimum absolute atomic E-state index is 0.433. The van der Waals surface area contributed by atoms with Crippen molar-refractivity contribution in [2.75, 3.05) is 19.8 Å². The van der Waals surface area contributed by atoms with E-state index in [1.165, 1.54) is 6.47 Å². The molecule has 0 aliphatic heterocycles. The Bertz CT molecular complexity index is 105. The van der Waals surface area contributed by atoms with Crippen molar-refractivity contribution in [2.45, 2.75) is 26.6 Å². The lowest BCUT2D eigenvalue weighted by Crippen LogP contribution is -2.15. The Hall–Kier alpha value is -0.610. The molecule has 0 fully saturated rings. The van der Waals surface area contributed by atoms with E-state index in [1.54, 1.807) is 6.92 Å². The second kappa shape index (κ2) is 8.49. The van der Waals surface area contributed by atoms with Gasteiger partial charge in [0.05, 0.1) is 13.2 Å². The van der Waals surface area contributed by atoms with E-state index in [2.05, 4.69) is 4.74 Å². The van der Waals surface area contributed by atoms with Crippen LogP contribution >= 0.6 is 0 Å². The Morgan fingerprint density at radius 2 is 2.08 bits per heavy atom. The molecule has 4 nitrogen and oxygen atoms in total. The summed E-state index contributed by atoms with van der Waals surface area (Å²) in [6.45, 7) is 6.67. The van der Waals surface area contributed by atoms with Crippen LogP contribution in [0.25, 0.3) is 0 Å². The number of carbonyl (C=O) groups excluding carboxylic acids is 1. The number of rotatable bonds is 8. The molecule has 0 aliphatic rings. The molecule has 4 heteroatoms. The van der Waals surface area contributed by atoms with E-state index in [-0.39, 0.29) is 0 Å². The van der Waals surface area contributed by atoms with Gasteiger partial charge in [-0.15, -0.1) is 0 Å². The molecule has 12 heavy (non-hydrogen) atoms. The van der Waals surface area contributed by atoms with Gasteiger partial charge in [0.15, 0.2) is 0 Å². The SMILES string of the molecule is CCCOCCOC(C)O[C]=O. The normalized spacial score (nSPS) is 12.5. The van der Waals surface area contributed by atoms with Gasteiger partial charge >= 0.3 is 6.47 Å². The van der Waals surface area contributed by atoms with Gasteiger partial charge in [0.1, 0.15) is 0 Å². The molecular formula is C8H15O4. The van der Waals surface area contributed by atoms with E-state index in [0.29, 0.717) is 13.2 Å². The first-order valence-electron chi connectivity index (χ1n) is 4.03. The van der Waals surface area contributed by atoms with Crippen molar-refractivity contribution >= 4 is 6.47 Å². The average molecular weight is 175 g/mol. The summed E-state index contributed by atoms with van der Waals surface area (Å²) >= 11 is 0. The fourth-order valence-corrected chi connectivity index (χ4v) is 0.621. The molecule has 0 aromatic carbocycles. The van der Waals surface area contributed by atoms with E-state index in [1.807, 2.05) is 6.92 Å². The van der Waals surface area contributed by atoms with Gasteiger partial charge in [-0.25, -0.2) is 4.79 Å². The summed E-state index contributed by atoms with van der Waals surface area (Å²) in [5.41, 5.74) is 0. The molecule has 0 N–H and O–H groups in total. The van der Waals surface area contributed by atoms with Crippen molar-refractivity contribution in [3.63, 3.8) is 0 Å². The maximum Gasteiger partial charge on any atom is 0.419 e. The molecule has 0 aliphatic carbocycles. The van der Waals surface area contributed by atoms with Crippen LogP contribution in [0.4, 0.5) is 0 Å². The van der Waals surface area contributed by atoms with Crippen LogP contribution in [0, 0.1) is 0 Å². The van der Waals surface area contributed by atoms with Crippen molar-refractivity contribution in [1.29, 1.82) is 0 Å². The van der Waals surface area contributed by atoms with Crippen molar-refractivity contribution in [2.24, 2.45) is 0 Å². The van der Waals surface area contributed by atoms with Gasteiger partial charge in [0.2, 0.25) is 6.29 Å². The lowest BCUT2D eigenvalue weighted by molar-refractivity contribution is -0.0910. The second-order valence-electron chi connectivity index (χ2n) is 2.25. The van der Waals surface area contributed by atoms with Gasteiger partial charge < -0.3 is 14.2 Å². The molecule has 0 rings (SSSR count). The molecule has 0 heterocycles. The zero-order valence-corrected chi connectivity index (χ0v) is 7.54. The fraction of sp³-hybridized carbons (Fsp3) is 0.875. The Morgan fingerprint density at radius 3 is 2.67 bits per heavy atom. The van der Waals surface area contributed by atoms with E-state index in [0.717, 1.165) is 13.0 Å². The van der Waals surface area contributed by atoms with Gasteiger partial charge in [0.25, 0.3) is 0 Å². The quantitative estimate of drug-likeness (QED) is 0.405. The van der Waals surface area contributed by atoms with Crippen LogP contribution in [0.3, 0.4) is 0 Å². The standard InChI is InChI=1S/C8H15O4/c1-3-4-10-5-6-11-8(2)12-7-9/h8H,3-6H2,1-2H3. The third kappa shape index (κ3) is 7.50. The van der Waals surface area contributed by atoms with E-state index in [4.69, 9.17) is 9.47 Å². The molecule has 0 aromatic rings. The predicted molar refractivity (Wildman–Crippen MR) is 43.3 cm³/mol. The number of hydrogen-bond acceptors (Lipinski definition) is 4. The van der Waals surface area contributed by atoms with Gasteiger partial charge in [0, 0.05) is 6.61 Å². The van der Waals surface area contributed by atoms with Gasteiger partial charge in [-0.05, 0) is 13.3 Å². The minimum Gasteiger partial charge on any atom is -0.428 e. The van der Waals surface area contributed by atoms with Crippen LogP contribution in [0.5, 0.6) is 0 Å². The summed E-state index contributed by atoms with van der Waals surface area (Å²) in [6.07, 6.45) is 0.460. The molecular weight excluding hydrogens is 160 g/mol. The molecule has 0 bridgehead atoms. The van der Waals surface area contributed by atoms with E-state index >= 15 is 0 Å². The first-order valence-corrected chi connectivity index (χ1v) is 4.03. The molecule has 0 aromatic heterocycles. The molecule has 0 spiro atoms. The smallest absolute Gasteiger partial charge is 0.419 e. The van der Waals surface area contributed by atoms with Crippen molar-refractivity contribution in [1.82, 2.24) is 0 Å². The second-order valence-corrected chi connectivity index (χ2v) is 2.25. The monoisotopic (exact) mass is 175 g/mol. The van der Waals surface area contributed by atoms with Crippen LogP contribution in [-0.2, 0) is 19.0 Å². The molecule has 1 atom stereocenters. The van der Waals surface area contributed by atoms with Crippen molar-refractivity contribution in [3.8, 4) is 0 Å². The van der Waals surface area contributed by atoms with Gasteiger partial charge in [-0.2, -0.15) is 0 Å². The van der Waals surface area contributed by atoms with E-state index < -0.39 is 6.29 Å². The highest BCUT2D eigenvalue weighted by molar-refractivity contribution is 5.38. The molecule has 1 unspecified atom stereocenters. The highest BCUT2D eigenvalue weighted by Crippen LogP contribution is 1.90. The molecule has 71 valence electrons. The minimum atomic E-state index is -0.535. The summed E-state index contributed by atoms with van der Waals surface area (Å²) in [5.74, 6) is 0. The Labute approximate surface area is 72.8 Å². The molecule has 0 amide bonds. The number of ether oxygens (including phenoxy) is 3. The van der Waals surface area contributed by atoms with Crippen LogP contribution in [-0.4, -0.2) is 32.6 Å². The molecule has 1 radical (unpaired) electrons. The van der Waals surface area contributed by atoms with Crippen LogP contribution in [0.1, 0.15) is 20.3 Å². The third-order valence-corrected chi connectivity index (χ3v) is 1.14. The topological polar surface area (TPSA) is 44.8 Å². The lowest BCUT2D eigenvalue weighted by atomic mass is 10.5. The summed E-state index contributed by atoms with van der Waals surface area (Å²) in [4.78, 5) is 9.69. The fourth-order valence-electron chi connectivity index (χ4n) is 0.621. The Balaban J connectivity index is 3.02. The first kappa shape index (κ1) is 11.4. The maximum atomic E-state index is 9.69. The zero-order chi connectivity index (χ0) is 9.23. The highest BCUT2D eigenvalue weighted by Gasteiger charge is 1.99. The van der Waals surface area contributed by atoms with Gasteiger partial charge in [-0.3, -0.25) is 0 Å². The Kier molecular flexibility index (Phi) is 8.05. The highest BCUT2D eigenvalue weighted by atomic mass is 16.7. The van der Waals surface area contributed by atoms with Crippen LogP contribution < -0.4 is 0 Å². The third-order valence-electron chi connectivity index (χ3n) is 1.14. The summed E-state index contributed by atoms with van der Waals surface area (Å²) < 4.78 is 14.5. The van der Waals surface area contributed by atoms with Crippen LogP contribution in [0.2, 0.25) is 0 Å². The number of hydrogen-bond donors (Lipinski definition) is 0. The van der Waals surface area contributed by atoms with Gasteiger partial charge in [-0.1, -0.05) is 6.92 Å². The van der Waals surface area contributed by atoms with Crippen molar-refractivity contribution in [3.05, 3.63) is 0 Å². The summed E-state index contributed by atoms with van der Waals surface area (Å²) in [6, 6.07) is 0. The van der Waals surface area contributed by atoms with Crippen molar-refractivity contribution < 1.29 is 19.0 Å². The average Bonchev–Trinajstić information content (AvgIpc) is 2.05. The van der Waals surface area contributed by atoms with E-state index in [9.17, 15) is 4.79 Å². The maximum absolute atomic E-state index is 9.69.